The molecule has 3 N–H and O–H groups in total. The third-order valence-electron chi connectivity index (χ3n) is 4.19. The van der Waals surface area contributed by atoms with Crippen LogP contribution in [-0.4, -0.2) is 48.5 Å². The van der Waals surface area contributed by atoms with Gasteiger partial charge >= 0.3 is 0 Å². The Morgan fingerprint density at radius 2 is 2.04 bits per heavy atom. The molecular weight excluding hydrogens is 318 g/mol. The number of nitrogens with one attached hydrogen (secondary N) is 1. The average Bonchev–Trinajstić information content (AvgIpc) is 2.60. The van der Waals surface area contributed by atoms with Crippen molar-refractivity contribution in [3.8, 4) is 5.75 Å². The lowest BCUT2D eigenvalue weighted by Crippen LogP contribution is -2.50. The van der Waals surface area contributed by atoms with E-state index in [1.165, 1.54) is 0 Å². The molecule has 0 aromatic heterocycles. The van der Waals surface area contributed by atoms with Gasteiger partial charge in [0.05, 0.1) is 18.9 Å². The van der Waals surface area contributed by atoms with Gasteiger partial charge in [0.25, 0.3) is 0 Å². The van der Waals surface area contributed by atoms with E-state index in [4.69, 9.17) is 10.5 Å². The molecule has 1 aromatic carbocycles. The second-order valence-electron chi connectivity index (χ2n) is 7.30. The molecule has 1 heterocycles. The van der Waals surface area contributed by atoms with Gasteiger partial charge in [-0.25, -0.2) is 0 Å². The summed E-state index contributed by atoms with van der Waals surface area (Å²) in [5.41, 5.74) is 5.46. The van der Waals surface area contributed by atoms with Gasteiger partial charge in [0, 0.05) is 25.2 Å². The van der Waals surface area contributed by atoms with Crippen LogP contribution in [0.5, 0.6) is 5.75 Å². The topological polar surface area (TPSA) is 84.7 Å². The van der Waals surface area contributed by atoms with Gasteiger partial charge in [0.15, 0.2) is 0 Å². The van der Waals surface area contributed by atoms with Crippen LogP contribution in [0, 0.1) is 5.92 Å². The molecule has 6 heteroatoms. The highest BCUT2D eigenvalue weighted by Gasteiger charge is 2.28. The van der Waals surface area contributed by atoms with Crippen LogP contribution in [0.2, 0.25) is 0 Å². The molecule has 2 amide bonds. The van der Waals surface area contributed by atoms with Crippen LogP contribution in [0.25, 0.3) is 0 Å². The Morgan fingerprint density at radius 1 is 1.32 bits per heavy atom. The number of amides is 2. The minimum Gasteiger partial charge on any atom is -0.493 e. The van der Waals surface area contributed by atoms with E-state index in [2.05, 4.69) is 5.32 Å². The lowest BCUT2D eigenvalue weighted by molar-refractivity contribution is -0.136. The number of ether oxygens (including phenoxy) is 1. The van der Waals surface area contributed by atoms with Crippen LogP contribution in [0.4, 0.5) is 0 Å². The highest BCUT2D eigenvalue weighted by atomic mass is 16.5. The van der Waals surface area contributed by atoms with E-state index in [-0.39, 0.29) is 17.7 Å². The van der Waals surface area contributed by atoms with Gasteiger partial charge in [-0.05, 0) is 38.8 Å². The zero-order chi connectivity index (χ0) is 18.3. The number of nitrogens with two attached hydrogens (primary N) is 1. The first-order valence-electron chi connectivity index (χ1n) is 8.87. The Hall–Kier alpha value is -2.08. The summed E-state index contributed by atoms with van der Waals surface area (Å²) in [6.45, 7) is 5.70. The molecule has 1 atom stereocenters. The fourth-order valence-electron chi connectivity index (χ4n) is 2.81. The van der Waals surface area contributed by atoms with E-state index < -0.39 is 5.54 Å². The monoisotopic (exact) mass is 347 g/mol. The summed E-state index contributed by atoms with van der Waals surface area (Å²) >= 11 is 0. The van der Waals surface area contributed by atoms with Crippen molar-refractivity contribution in [3.63, 3.8) is 0 Å². The normalized spacial score (nSPS) is 17.9. The first-order chi connectivity index (χ1) is 11.8. The van der Waals surface area contributed by atoms with E-state index in [1.807, 2.05) is 44.2 Å². The summed E-state index contributed by atoms with van der Waals surface area (Å²) in [7, 11) is 0. The summed E-state index contributed by atoms with van der Waals surface area (Å²) in [4.78, 5) is 26.4. The van der Waals surface area contributed by atoms with Gasteiger partial charge in [0.1, 0.15) is 5.75 Å². The number of likely N-dealkylation sites (tertiary alicyclic amines) is 1. The number of benzene rings is 1. The van der Waals surface area contributed by atoms with Crippen molar-refractivity contribution in [2.24, 2.45) is 11.7 Å². The predicted molar refractivity (Wildman–Crippen MR) is 97.1 cm³/mol. The number of para-hydroxylation sites is 1. The molecule has 1 saturated heterocycles. The Morgan fingerprint density at radius 3 is 2.72 bits per heavy atom. The van der Waals surface area contributed by atoms with Gasteiger partial charge in [-0.1, -0.05) is 18.2 Å². The summed E-state index contributed by atoms with van der Waals surface area (Å²) in [5.74, 6) is 0.620. The number of carbonyl (C=O) groups excluding carboxylic acids is 2. The summed E-state index contributed by atoms with van der Waals surface area (Å²) in [5, 5.41) is 2.89. The molecule has 0 saturated carbocycles. The van der Waals surface area contributed by atoms with Crippen molar-refractivity contribution >= 4 is 11.8 Å². The molecule has 0 bridgehead atoms. The van der Waals surface area contributed by atoms with Crippen LogP contribution in [0.3, 0.4) is 0 Å². The number of hydrogen-bond donors (Lipinski definition) is 2. The van der Waals surface area contributed by atoms with E-state index >= 15 is 0 Å². The molecule has 1 aromatic rings. The van der Waals surface area contributed by atoms with Crippen LogP contribution >= 0.6 is 0 Å². The molecule has 25 heavy (non-hydrogen) atoms. The molecule has 2 rings (SSSR count). The largest absolute Gasteiger partial charge is 0.493 e. The number of piperidine rings is 1. The molecule has 1 aliphatic rings. The highest BCUT2D eigenvalue weighted by molar-refractivity contribution is 5.81. The number of hydrogen-bond acceptors (Lipinski definition) is 4. The number of nitrogens with zero attached hydrogens (tertiary/aromatic N) is 1. The van der Waals surface area contributed by atoms with E-state index in [0.29, 0.717) is 32.7 Å². The third-order valence-corrected chi connectivity index (χ3v) is 4.19. The second-order valence-corrected chi connectivity index (χ2v) is 7.30. The fourth-order valence-corrected chi connectivity index (χ4v) is 2.81. The molecule has 138 valence electrons. The SMILES string of the molecule is CC(C)(N)CNC(=O)C1CCCN(C(=O)CCOc2ccccc2)C1. The van der Waals surface area contributed by atoms with Gasteiger partial charge in [-0.3, -0.25) is 9.59 Å². The van der Waals surface area contributed by atoms with Crippen LogP contribution in [0.1, 0.15) is 33.1 Å². The van der Waals surface area contributed by atoms with Gasteiger partial charge in [-0.2, -0.15) is 0 Å². The van der Waals surface area contributed by atoms with Crippen molar-refractivity contribution < 1.29 is 14.3 Å². The molecule has 1 fully saturated rings. The molecular formula is C19H29N3O3. The lowest BCUT2D eigenvalue weighted by atomic mass is 9.96. The first kappa shape index (κ1) is 19.2. The molecule has 1 aliphatic heterocycles. The minimum absolute atomic E-state index is 0.0171. The fraction of sp³-hybridized carbons (Fsp3) is 0.579. The highest BCUT2D eigenvalue weighted by Crippen LogP contribution is 2.18. The maximum atomic E-state index is 12.4. The summed E-state index contributed by atoms with van der Waals surface area (Å²) in [6, 6.07) is 9.44. The van der Waals surface area contributed by atoms with Crippen LogP contribution in [-0.2, 0) is 9.59 Å². The van der Waals surface area contributed by atoms with Crippen molar-refractivity contribution in [2.75, 3.05) is 26.2 Å². The third kappa shape index (κ3) is 6.74. The van der Waals surface area contributed by atoms with Gasteiger partial charge in [0.2, 0.25) is 11.8 Å². The Kier molecular flexibility index (Phi) is 6.82. The lowest BCUT2D eigenvalue weighted by Gasteiger charge is -2.32. The number of rotatable bonds is 7. The average molecular weight is 347 g/mol. The smallest absolute Gasteiger partial charge is 0.226 e. The van der Waals surface area contributed by atoms with Crippen LogP contribution in [0.15, 0.2) is 30.3 Å². The van der Waals surface area contributed by atoms with Crippen LogP contribution < -0.4 is 15.8 Å². The van der Waals surface area contributed by atoms with Crippen molar-refractivity contribution in [1.29, 1.82) is 0 Å². The molecule has 0 spiro atoms. The van der Waals surface area contributed by atoms with E-state index in [1.54, 1.807) is 4.90 Å². The maximum Gasteiger partial charge on any atom is 0.226 e. The zero-order valence-corrected chi connectivity index (χ0v) is 15.2. The van der Waals surface area contributed by atoms with E-state index in [9.17, 15) is 9.59 Å². The van der Waals surface area contributed by atoms with Gasteiger partial charge < -0.3 is 20.7 Å². The molecule has 6 nitrogen and oxygen atoms in total. The molecule has 0 aliphatic carbocycles. The first-order valence-corrected chi connectivity index (χ1v) is 8.87. The minimum atomic E-state index is -0.436. The maximum absolute atomic E-state index is 12.4. The molecule has 1 unspecified atom stereocenters. The second kappa shape index (κ2) is 8.85. The Balaban J connectivity index is 1.75. The van der Waals surface area contributed by atoms with Crippen molar-refractivity contribution in [2.45, 2.75) is 38.6 Å². The Bertz CT molecular complexity index is 569. The van der Waals surface area contributed by atoms with E-state index in [0.717, 1.165) is 18.6 Å². The number of carbonyl (C=O) groups is 2. The van der Waals surface area contributed by atoms with Gasteiger partial charge in [-0.15, -0.1) is 0 Å². The standard InChI is InChI=1S/C19H29N3O3/c1-19(2,20)14-21-18(24)15-7-6-11-22(13-15)17(23)10-12-25-16-8-4-3-5-9-16/h3-5,8-9,15H,6-7,10-14,20H2,1-2H3,(H,21,24). The summed E-state index contributed by atoms with van der Waals surface area (Å²) < 4.78 is 5.58. The molecule has 0 radical (unpaired) electrons. The van der Waals surface area contributed by atoms with Crippen molar-refractivity contribution in [1.82, 2.24) is 10.2 Å². The quantitative estimate of drug-likeness (QED) is 0.784. The zero-order valence-electron chi connectivity index (χ0n) is 15.2. The predicted octanol–water partition coefficient (Wildman–Crippen LogP) is 1.55. The summed E-state index contributed by atoms with van der Waals surface area (Å²) in [6.07, 6.45) is 1.97. The Labute approximate surface area is 149 Å². The van der Waals surface area contributed by atoms with Crippen molar-refractivity contribution in [3.05, 3.63) is 30.3 Å².